The summed E-state index contributed by atoms with van der Waals surface area (Å²) in [5, 5.41) is 11.3. The number of ether oxygens (including phenoxy) is 1. The summed E-state index contributed by atoms with van der Waals surface area (Å²) in [6.45, 7) is 2.35. The van der Waals surface area contributed by atoms with Gasteiger partial charge in [0, 0.05) is 38.3 Å². The summed E-state index contributed by atoms with van der Waals surface area (Å²) in [6.07, 6.45) is 0.796. The first-order valence-electron chi connectivity index (χ1n) is 9.15. The van der Waals surface area contributed by atoms with Crippen LogP contribution in [-0.4, -0.2) is 50.5 Å². The molecule has 1 saturated heterocycles. The maximum Gasteiger partial charge on any atom is 0.270 e. The molecule has 0 radical (unpaired) electrons. The van der Waals surface area contributed by atoms with Crippen LogP contribution in [0, 0.1) is 10.1 Å². The molecule has 8 nitrogen and oxygen atoms in total. The standard InChI is InChI=1S/C19H21N3O5S/c23-22(24)17-5-6-18(20-8-7-15-3-1-2-4-16(15)14-20)19(13-17)28(25,26)21-9-11-27-12-10-21/h1-6,13H,7-12,14H2. The summed E-state index contributed by atoms with van der Waals surface area (Å²) >= 11 is 0. The second-order valence-corrected chi connectivity index (χ2v) is 8.77. The van der Waals surface area contributed by atoms with E-state index in [-0.39, 0.29) is 23.7 Å². The van der Waals surface area contributed by atoms with Gasteiger partial charge in [-0.2, -0.15) is 4.31 Å². The van der Waals surface area contributed by atoms with Gasteiger partial charge in [0.15, 0.2) is 0 Å². The van der Waals surface area contributed by atoms with Gasteiger partial charge in [0.25, 0.3) is 5.69 Å². The molecule has 0 spiro atoms. The highest BCUT2D eigenvalue weighted by Gasteiger charge is 2.32. The molecule has 2 aromatic rings. The van der Waals surface area contributed by atoms with Gasteiger partial charge in [-0.3, -0.25) is 10.1 Å². The first-order chi connectivity index (χ1) is 13.5. The second kappa shape index (κ2) is 7.50. The zero-order valence-corrected chi connectivity index (χ0v) is 16.1. The molecule has 2 aliphatic rings. The number of sulfonamides is 1. The van der Waals surface area contributed by atoms with Crippen molar-refractivity contribution in [3.63, 3.8) is 0 Å². The van der Waals surface area contributed by atoms with Crippen LogP contribution in [0.5, 0.6) is 0 Å². The Morgan fingerprint density at radius 2 is 1.71 bits per heavy atom. The van der Waals surface area contributed by atoms with Gasteiger partial charge >= 0.3 is 0 Å². The Balaban J connectivity index is 1.76. The number of hydrogen-bond donors (Lipinski definition) is 0. The van der Waals surface area contributed by atoms with Crippen molar-refractivity contribution in [2.24, 2.45) is 0 Å². The highest BCUT2D eigenvalue weighted by Crippen LogP contribution is 2.34. The van der Waals surface area contributed by atoms with Gasteiger partial charge in [-0.1, -0.05) is 24.3 Å². The van der Waals surface area contributed by atoms with Crippen molar-refractivity contribution in [3.05, 3.63) is 63.7 Å². The minimum Gasteiger partial charge on any atom is -0.379 e. The Morgan fingerprint density at radius 1 is 1.00 bits per heavy atom. The molecule has 9 heteroatoms. The van der Waals surface area contributed by atoms with E-state index in [0.29, 0.717) is 32.0 Å². The smallest absolute Gasteiger partial charge is 0.270 e. The average Bonchev–Trinajstić information content (AvgIpc) is 2.73. The topological polar surface area (TPSA) is 93.0 Å². The minimum absolute atomic E-state index is 0.0111. The fourth-order valence-electron chi connectivity index (χ4n) is 3.71. The van der Waals surface area contributed by atoms with E-state index in [1.807, 2.05) is 23.1 Å². The van der Waals surface area contributed by atoms with Crippen molar-refractivity contribution in [2.45, 2.75) is 17.9 Å². The van der Waals surface area contributed by atoms with E-state index in [9.17, 15) is 18.5 Å². The van der Waals surface area contributed by atoms with Gasteiger partial charge < -0.3 is 9.64 Å². The predicted molar refractivity (Wildman–Crippen MR) is 104 cm³/mol. The molecule has 148 valence electrons. The normalized spacial score (nSPS) is 17.9. The third-order valence-electron chi connectivity index (χ3n) is 5.21. The molecule has 0 aromatic heterocycles. The fourth-order valence-corrected chi connectivity index (χ4v) is 5.35. The Bertz CT molecular complexity index is 1000. The molecule has 1 fully saturated rings. The van der Waals surface area contributed by atoms with Crippen LogP contribution in [0.3, 0.4) is 0 Å². The van der Waals surface area contributed by atoms with Gasteiger partial charge in [0.05, 0.1) is 23.8 Å². The number of rotatable bonds is 4. The summed E-state index contributed by atoms with van der Waals surface area (Å²) in [6, 6.07) is 12.2. The third-order valence-corrected chi connectivity index (χ3v) is 7.14. The Morgan fingerprint density at radius 3 is 2.43 bits per heavy atom. The summed E-state index contributed by atoms with van der Waals surface area (Å²) in [7, 11) is -3.87. The molecule has 2 heterocycles. The second-order valence-electron chi connectivity index (χ2n) is 6.87. The number of nitrogens with zero attached hydrogens (tertiary/aromatic N) is 3. The van der Waals surface area contributed by atoms with Crippen molar-refractivity contribution in [2.75, 3.05) is 37.7 Å². The lowest BCUT2D eigenvalue weighted by Gasteiger charge is -2.33. The van der Waals surface area contributed by atoms with Gasteiger partial charge in [-0.05, 0) is 23.6 Å². The van der Waals surface area contributed by atoms with Crippen LogP contribution >= 0.6 is 0 Å². The van der Waals surface area contributed by atoms with E-state index in [1.54, 1.807) is 6.07 Å². The van der Waals surface area contributed by atoms with Crippen LogP contribution < -0.4 is 4.90 Å². The highest BCUT2D eigenvalue weighted by molar-refractivity contribution is 7.89. The lowest BCUT2D eigenvalue weighted by molar-refractivity contribution is -0.385. The van der Waals surface area contributed by atoms with E-state index < -0.39 is 14.9 Å². The molecule has 0 unspecified atom stereocenters. The fraction of sp³-hybridized carbons (Fsp3) is 0.368. The van der Waals surface area contributed by atoms with Gasteiger partial charge in [-0.25, -0.2) is 8.42 Å². The Kier molecular flexibility index (Phi) is 5.05. The summed E-state index contributed by atoms with van der Waals surface area (Å²) in [5.74, 6) is 0. The molecule has 2 aromatic carbocycles. The first-order valence-corrected chi connectivity index (χ1v) is 10.6. The number of anilines is 1. The van der Waals surface area contributed by atoms with Crippen LogP contribution in [0.15, 0.2) is 47.4 Å². The molecule has 0 aliphatic carbocycles. The van der Waals surface area contributed by atoms with Crippen molar-refractivity contribution < 1.29 is 18.1 Å². The van der Waals surface area contributed by atoms with E-state index in [0.717, 1.165) is 12.0 Å². The van der Waals surface area contributed by atoms with Crippen molar-refractivity contribution in [3.8, 4) is 0 Å². The largest absolute Gasteiger partial charge is 0.379 e. The average molecular weight is 403 g/mol. The van der Waals surface area contributed by atoms with Crippen LogP contribution in [0.2, 0.25) is 0 Å². The number of nitro benzene ring substituents is 1. The molecule has 0 atom stereocenters. The lowest BCUT2D eigenvalue weighted by atomic mass is 9.99. The molecule has 4 rings (SSSR count). The SMILES string of the molecule is O=[N+]([O-])c1ccc(N2CCc3ccccc3C2)c(S(=O)(=O)N2CCOCC2)c1. The zero-order valence-electron chi connectivity index (χ0n) is 15.3. The maximum atomic E-state index is 13.3. The number of non-ortho nitro benzene ring substituents is 1. The van der Waals surface area contributed by atoms with E-state index in [4.69, 9.17) is 4.74 Å². The summed E-state index contributed by atoms with van der Waals surface area (Å²) in [4.78, 5) is 12.7. The van der Waals surface area contributed by atoms with E-state index in [1.165, 1.54) is 22.0 Å². The first kappa shape index (κ1) is 18.9. The predicted octanol–water partition coefficient (Wildman–Crippen LogP) is 2.18. The Hall–Kier alpha value is -2.49. The molecule has 0 amide bonds. The molecular weight excluding hydrogens is 382 g/mol. The Labute approximate surface area is 163 Å². The van der Waals surface area contributed by atoms with Crippen molar-refractivity contribution in [1.29, 1.82) is 0 Å². The van der Waals surface area contributed by atoms with Gasteiger partial charge in [0.1, 0.15) is 4.90 Å². The van der Waals surface area contributed by atoms with Gasteiger partial charge in [0.2, 0.25) is 10.0 Å². The van der Waals surface area contributed by atoms with E-state index in [2.05, 4.69) is 6.07 Å². The molecule has 28 heavy (non-hydrogen) atoms. The number of benzene rings is 2. The number of nitro groups is 1. The van der Waals surface area contributed by atoms with Gasteiger partial charge in [-0.15, -0.1) is 0 Å². The lowest BCUT2D eigenvalue weighted by Crippen LogP contribution is -2.41. The third kappa shape index (κ3) is 3.48. The highest BCUT2D eigenvalue weighted by atomic mass is 32.2. The zero-order chi connectivity index (χ0) is 19.7. The van der Waals surface area contributed by atoms with Crippen molar-refractivity contribution in [1.82, 2.24) is 4.31 Å². The number of morpholine rings is 1. The molecule has 0 bridgehead atoms. The molecule has 2 aliphatic heterocycles. The summed E-state index contributed by atoms with van der Waals surface area (Å²) in [5.41, 5.74) is 2.67. The molecular formula is C19H21N3O5S. The van der Waals surface area contributed by atoms with Crippen LogP contribution in [-0.2, 0) is 27.7 Å². The quantitative estimate of drug-likeness (QED) is 0.574. The minimum atomic E-state index is -3.87. The van der Waals surface area contributed by atoms with Crippen LogP contribution in [0.25, 0.3) is 0 Å². The van der Waals surface area contributed by atoms with Crippen molar-refractivity contribution >= 4 is 21.4 Å². The van der Waals surface area contributed by atoms with Crippen LogP contribution in [0.4, 0.5) is 11.4 Å². The van der Waals surface area contributed by atoms with E-state index >= 15 is 0 Å². The summed E-state index contributed by atoms with van der Waals surface area (Å²) < 4.78 is 33.2. The van der Waals surface area contributed by atoms with Crippen LogP contribution in [0.1, 0.15) is 11.1 Å². The monoisotopic (exact) mass is 403 g/mol. The molecule has 0 N–H and O–H groups in total. The number of hydrogen-bond acceptors (Lipinski definition) is 6. The maximum absolute atomic E-state index is 13.3. The molecule has 0 saturated carbocycles. The number of fused-ring (bicyclic) bond motifs is 1.